The first-order chi connectivity index (χ1) is 30.4. The number of ether oxygens (including phenoxy) is 12. The summed E-state index contributed by atoms with van der Waals surface area (Å²) >= 11 is 0. The Hall–Kier alpha value is -4.56. The maximum atomic E-state index is 6.57. The number of hydrogen-bond donors (Lipinski definition) is 0. The molecule has 0 N–H and O–H groups in total. The fourth-order valence-corrected chi connectivity index (χ4v) is 7.96. The quantitative estimate of drug-likeness (QED) is 0.0654. The van der Waals surface area contributed by atoms with Crippen molar-refractivity contribution in [3.63, 3.8) is 0 Å². The highest BCUT2D eigenvalue weighted by Gasteiger charge is 2.38. The Bertz CT molecular complexity index is 2000. The van der Waals surface area contributed by atoms with Crippen molar-refractivity contribution >= 4 is 0 Å². The Balaban J connectivity index is 1.06. The molecule has 0 aromatic heterocycles. The first-order valence-corrected chi connectivity index (χ1v) is 22.4. The molecule has 12 nitrogen and oxygen atoms in total. The summed E-state index contributed by atoms with van der Waals surface area (Å²) in [6, 6.07) is 25.6. The van der Waals surface area contributed by atoms with Crippen LogP contribution in [0.1, 0.15) is 74.9 Å². The van der Waals surface area contributed by atoms with Gasteiger partial charge in [-0.15, -0.1) is 0 Å². The molecule has 6 atom stereocenters. The monoisotopic (exact) mass is 864 g/mol. The molecular weight excluding hydrogens is 805 g/mol. The minimum absolute atomic E-state index is 0.0883. The number of epoxide rings is 6. The number of benzene rings is 4. The second kappa shape index (κ2) is 17.1. The second-order valence-electron chi connectivity index (χ2n) is 19.2. The molecule has 6 aliphatic heterocycles. The molecule has 6 unspecified atom stereocenters. The van der Waals surface area contributed by atoms with E-state index in [0.29, 0.717) is 59.5 Å². The standard InChI is InChI=1S/C51H60O12/c1-49(2,43-10-7-34(52-19-37-22-55-37)16-46(43)61-28-40-25-58-40)31-13-32(50(3,4)44-11-8-35(53-20-38-23-56-38)17-47(44)62-29-41-26-59-41)15-33(14-31)51(5,6)45-12-9-36(54-21-39-24-57-39)18-48(45)63-30-42-27-60-42/h7-18,37-42H,19-30H2,1-6H3. The minimum Gasteiger partial charge on any atom is -0.491 e. The van der Waals surface area contributed by atoms with Gasteiger partial charge in [0.15, 0.2) is 0 Å². The van der Waals surface area contributed by atoms with Gasteiger partial charge >= 0.3 is 0 Å². The van der Waals surface area contributed by atoms with E-state index < -0.39 is 16.2 Å². The molecule has 4 aromatic rings. The minimum atomic E-state index is -0.536. The molecule has 4 aromatic carbocycles. The van der Waals surface area contributed by atoms with E-state index >= 15 is 0 Å². The maximum Gasteiger partial charge on any atom is 0.127 e. The summed E-state index contributed by atoms with van der Waals surface area (Å²) in [5, 5.41) is 0. The first-order valence-electron chi connectivity index (χ1n) is 22.4. The van der Waals surface area contributed by atoms with Crippen molar-refractivity contribution in [2.24, 2.45) is 0 Å². The highest BCUT2D eigenvalue weighted by Crippen LogP contribution is 2.48. The summed E-state index contributed by atoms with van der Waals surface area (Å²) in [7, 11) is 0. The third-order valence-corrected chi connectivity index (χ3v) is 13.0. The van der Waals surface area contributed by atoms with Gasteiger partial charge < -0.3 is 56.8 Å². The van der Waals surface area contributed by atoms with E-state index in [1.807, 2.05) is 36.4 Å². The van der Waals surface area contributed by atoms with Gasteiger partial charge in [-0.1, -0.05) is 77.9 Å². The van der Waals surface area contributed by atoms with Gasteiger partial charge in [0, 0.05) is 51.1 Å². The zero-order chi connectivity index (χ0) is 43.3. The van der Waals surface area contributed by atoms with Crippen LogP contribution in [0.4, 0.5) is 0 Å². The van der Waals surface area contributed by atoms with Crippen molar-refractivity contribution < 1.29 is 56.8 Å². The van der Waals surface area contributed by atoms with Gasteiger partial charge in [0.25, 0.3) is 0 Å². The fourth-order valence-electron chi connectivity index (χ4n) is 7.96. The van der Waals surface area contributed by atoms with Crippen LogP contribution >= 0.6 is 0 Å². The van der Waals surface area contributed by atoms with Crippen LogP contribution in [-0.4, -0.2) is 116 Å². The zero-order valence-electron chi connectivity index (χ0n) is 37.3. The molecule has 6 fully saturated rings. The topological polar surface area (TPSA) is 131 Å². The summed E-state index contributed by atoms with van der Waals surface area (Å²) in [6.07, 6.45) is 0.685. The van der Waals surface area contributed by atoms with Gasteiger partial charge in [-0.2, -0.15) is 0 Å². The Morgan fingerprint density at radius 2 is 0.571 bits per heavy atom. The molecule has 336 valence electrons. The van der Waals surface area contributed by atoms with Crippen LogP contribution in [0.15, 0.2) is 72.8 Å². The Kier molecular flexibility index (Phi) is 11.5. The number of rotatable bonds is 24. The van der Waals surface area contributed by atoms with E-state index in [1.165, 1.54) is 0 Å². The van der Waals surface area contributed by atoms with Gasteiger partial charge in [0.05, 0.1) is 39.6 Å². The normalized spacial score (nSPS) is 24.3. The molecule has 6 heterocycles. The van der Waals surface area contributed by atoms with E-state index in [4.69, 9.17) is 56.8 Å². The van der Waals surface area contributed by atoms with E-state index in [-0.39, 0.29) is 36.6 Å². The summed E-state index contributed by atoms with van der Waals surface area (Å²) in [5.41, 5.74) is 4.89. The van der Waals surface area contributed by atoms with Crippen molar-refractivity contribution in [1.29, 1.82) is 0 Å². The predicted molar refractivity (Wildman–Crippen MR) is 234 cm³/mol. The van der Waals surface area contributed by atoms with E-state index in [9.17, 15) is 0 Å². The molecule has 0 saturated carbocycles. The lowest BCUT2D eigenvalue weighted by molar-refractivity contribution is 0.249. The molecule has 0 bridgehead atoms. The summed E-state index contributed by atoms with van der Waals surface area (Å²) < 4.78 is 71.2. The molecule has 0 spiro atoms. The van der Waals surface area contributed by atoms with Crippen LogP contribution in [0.2, 0.25) is 0 Å². The van der Waals surface area contributed by atoms with Crippen LogP contribution in [-0.2, 0) is 44.7 Å². The highest BCUT2D eigenvalue weighted by molar-refractivity contribution is 5.57. The zero-order valence-corrected chi connectivity index (χ0v) is 37.3. The van der Waals surface area contributed by atoms with E-state index in [0.717, 1.165) is 87.7 Å². The fraction of sp³-hybridized carbons (Fsp3) is 0.529. The highest BCUT2D eigenvalue weighted by atomic mass is 16.6. The van der Waals surface area contributed by atoms with Crippen molar-refractivity contribution in [3.05, 3.63) is 106 Å². The van der Waals surface area contributed by atoms with Crippen molar-refractivity contribution in [2.45, 2.75) is 94.4 Å². The molecule has 12 heteroatoms. The molecule has 0 amide bonds. The summed E-state index contributed by atoms with van der Waals surface area (Å²) in [5.74, 6) is 4.55. The van der Waals surface area contributed by atoms with Crippen LogP contribution in [0.5, 0.6) is 34.5 Å². The molecule has 0 aliphatic carbocycles. The summed E-state index contributed by atoms with van der Waals surface area (Å²) in [6.45, 7) is 20.8. The summed E-state index contributed by atoms with van der Waals surface area (Å²) in [4.78, 5) is 0. The smallest absolute Gasteiger partial charge is 0.127 e. The molecule has 6 aliphatic rings. The van der Waals surface area contributed by atoms with E-state index in [2.05, 4.69) is 77.9 Å². The lowest BCUT2D eigenvalue weighted by Crippen LogP contribution is -2.28. The lowest BCUT2D eigenvalue weighted by atomic mass is 9.68. The third-order valence-electron chi connectivity index (χ3n) is 13.0. The van der Waals surface area contributed by atoms with Crippen LogP contribution in [0.25, 0.3) is 0 Å². The van der Waals surface area contributed by atoms with Crippen LogP contribution < -0.4 is 28.4 Å². The van der Waals surface area contributed by atoms with Gasteiger partial charge in [0.2, 0.25) is 0 Å². The average molecular weight is 865 g/mol. The first kappa shape index (κ1) is 42.4. The van der Waals surface area contributed by atoms with Crippen LogP contribution in [0, 0.1) is 0 Å². The van der Waals surface area contributed by atoms with Crippen LogP contribution in [0.3, 0.4) is 0 Å². The third kappa shape index (κ3) is 10.4. The Morgan fingerprint density at radius 3 is 0.794 bits per heavy atom. The molecule has 63 heavy (non-hydrogen) atoms. The van der Waals surface area contributed by atoms with Crippen molar-refractivity contribution in [1.82, 2.24) is 0 Å². The second-order valence-corrected chi connectivity index (χ2v) is 19.2. The van der Waals surface area contributed by atoms with Crippen molar-refractivity contribution in [3.8, 4) is 34.5 Å². The predicted octanol–water partition coefficient (Wildman–Crippen LogP) is 7.33. The van der Waals surface area contributed by atoms with Gasteiger partial charge in [-0.3, -0.25) is 0 Å². The van der Waals surface area contributed by atoms with Gasteiger partial charge in [-0.05, 0) is 34.9 Å². The molecular formula is C51H60O12. The van der Waals surface area contributed by atoms with Gasteiger partial charge in [0.1, 0.15) is 111 Å². The largest absolute Gasteiger partial charge is 0.491 e. The molecule has 0 radical (unpaired) electrons. The Morgan fingerprint density at radius 1 is 0.349 bits per heavy atom. The maximum absolute atomic E-state index is 6.57. The SMILES string of the molecule is CC(C)(c1cc(C(C)(C)c2ccc(OCC3CO3)cc2OCC2CO2)cc(C(C)(C)c2ccc(OCC3CO3)cc2OCC2CO2)c1)c1ccc(OCC2CO2)cc1OCC1CO1. The Labute approximate surface area is 370 Å². The molecule has 6 saturated heterocycles. The average Bonchev–Trinajstić information content (AvgIpc) is 4.06. The van der Waals surface area contributed by atoms with E-state index in [1.54, 1.807) is 0 Å². The molecule has 10 rings (SSSR count). The lowest BCUT2D eigenvalue weighted by Gasteiger charge is -2.36. The van der Waals surface area contributed by atoms with Crippen molar-refractivity contribution in [2.75, 3.05) is 79.3 Å². The van der Waals surface area contributed by atoms with Gasteiger partial charge in [-0.25, -0.2) is 0 Å². The number of hydrogen-bond acceptors (Lipinski definition) is 12.